The van der Waals surface area contributed by atoms with E-state index in [0.29, 0.717) is 16.9 Å². The Hall–Kier alpha value is -1.89. The molecule has 3 aromatic rings. The smallest absolute Gasteiger partial charge is 0.269 e. The van der Waals surface area contributed by atoms with Crippen molar-refractivity contribution >= 4 is 56.0 Å². The number of rotatable bonds is 5. The Morgan fingerprint density at radius 2 is 1.73 bits per heavy atom. The van der Waals surface area contributed by atoms with Crippen molar-refractivity contribution in [1.29, 1.82) is 0 Å². The molecule has 0 aliphatic heterocycles. The van der Waals surface area contributed by atoms with Crippen molar-refractivity contribution < 1.29 is 13.9 Å². The van der Waals surface area contributed by atoms with E-state index in [9.17, 15) is 10.1 Å². The van der Waals surface area contributed by atoms with Crippen LogP contribution in [-0.2, 0) is 0 Å². The van der Waals surface area contributed by atoms with Gasteiger partial charge in [0, 0.05) is 21.8 Å². The lowest BCUT2D eigenvalue weighted by atomic mass is 10.3. The Morgan fingerprint density at radius 3 is 2.23 bits per heavy atom. The van der Waals surface area contributed by atoms with Gasteiger partial charge in [-0.1, -0.05) is 36.7 Å². The van der Waals surface area contributed by atoms with Gasteiger partial charge in [-0.25, -0.2) is 4.74 Å². The van der Waals surface area contributed by atoms with E-state index in [1.165, 1.54) is 12.1 Å². The van der Waals surface area contributed by atoms with E-state index in [-0.39, 0.29) is 5.69 Å². The molecule has 2 aromatic carbocycles. The fraction of sp³-hybridized carbons (Fsp3) is 0.238. The summed E-state index contributed by atoms with van der Waals surface area (Å²) >= 11 is 7.03. The van der Waals surface area contributed by atoms with Gasteiger partial charge in [0.15, 0.2) is 5.50 Å². The minimum atomic E-state index is -2.79. The average Bonchev–Trinajstić information content (AvgIpc) is 3.09. The van der Waals surface area contributed by atoms with Crippen LogP contribution in [0, 0.1) is 17.0 Å². The van der Waals surface area contributed by atoms with Gasteiger partial charge in [-0.3, -0.25) is 10.1 Å². The van der Waals surface area contributed by atoms with E-state index in [1.807, 2.05) is 37.3 Å². The van der Waals surface area contributed by atoms with Crippen LogP contribution in [0.3, 0.4) is 0 Å². The van der Waals surface area contributed by atoms with Crippen LogP contribution < -0.4 is 10.0 Å². The van der Waals surface area contributed by atoms with Gasteiger partial charge >= 0.3 is 0 Å². The molecular weight excluding hydrogens is 535 g/mol. The van der Waals surface area contributed by atoms with Crippen LogP contribution in [0.4, 0.5) is 11.4 Å². The van der Waals surface area contributed by atoms with Gasteiger partial charge in [-0.2, -0.15) is 0 Å². The summed E-state index contributed by atoms with van der Waals surface area (Å²) in [5.41, 5.74) is 1.26. The second-order valence-corrected chi connectivity index (χ2v) is 12.8. The number of benzene rings is 2. The molecule has 0 fully saturated rings. The maximum Gasteiger partial charge on any atom is 0.269 e. The number of hydrogen-bond donors (Lipinski definition) is 0. The summed E-state index contributed by atoms with van der Waals surface area (Å²) < 4.78 is 19.5. The SMILES string of the molecule is Cc1ccc([P@@](=Nc2ccc([N+](=O)[O-])cc2)(Oc2ccc(Br)cc2Br)C(C)(C)C)o1. The summed E-state index contributed by atoms with van der Waals surface area (Å²) in [7, 11) is -2.79. The molecule has 6 nitrogen and oxygen atoms in total. The number of nitrogens with zero attached hydrogens (tertiary/aromatic N) is 2. The van der Waals surface area contributed by atoms with Crippen molar-refractivity contribution in [2.75, 3.05) is 0 Å². The van der Waals surface area contributed by atoms with Crippen LogP contribution in [0.25, 0.3) is 0 Å². The molecule has 3 rings (SSSR count). The topological polar surface area (TPSA) is 77.9 Å². The maximum atomic E-state index is 11.0. The lowest BCUT2D eigenvalue weighted by Gasteiger charge is -2.35. The Kier molecular flexibility index (Phi) is 6.60. The van der Waals surface area contributed by atoms with Gasteiger partial charge in [0.25, 0.3) is 5.69 Å². The highest BCUT2D eigenvalue weighted by Crippen LogP contribution is 2.62. The van der Waals surface area contributed by atoms with Crippen LogP contribution in [0.1, 0.15) is 26.5 Å². The number of halogens is 2. The highest BCUT2D eigenvalue weighted by atomic mass is 79.9. The number of nitro groups is 1. The van der Waals surface area contributed by atoms with E-state index in [1.54, 1.807) is 12.1 Å². The second kappa shape index (κ2) is 8.69. The first-order chi connectivity index (χ1) is 14.0. The van der Waals surface area contributed by atoms with E-state index in [0.717, 1.165) is 14.7 Å². The molecule has 0 saturated heterocycles. The number of non-ortho nitro benzene ring substituents is 1. The molecule has 0 radical (unpaired) electrons. The van der Waals surface area contributed by atoms with Crippen molar-refractivity contribution in [3.8, 4) is 5.75 Å². The van der Waals surface area contributed by atoms with Crippen LogP contribution in [0.2, 0.25) is 0 Å². The standard InChI is InChI=1S/C21H21Br2N2O4P/c1-14-5-12-20(28-14)30(21(2,3)4,29-19-11-6-15(22)13-18(19)23)24-16-7-9-17(10-8-16)25(26)27/h5-13H,1-4H3/t30-/m1/s1. The summed E-state index contributed by atoms with van der Waals surface area (Å²) in [5.74, 6) is 1.40. The normalized spacial score (nSPS) is 13.5. The number of nitro benzene ring substituents is 1. The van der Waals surface area contributed by atoms with Crippen LogP contribution in [0.15, 0.2) is 72.7 Å². The van der Waals surface area contributed by atoms with Crippen molar-refractivity contribution in [1.82, 2.24) is 0 Å². The molecular formula is C21H21Br2N2O4P. The Labute approximate surface area is 192 Å². The zero-order valence-electron chi connectivity index (χ0n) is 16.9. The lowest BCUT2D eigenvalue weighted by Crippen LogP contribution is -2.26. The van der Waals surface area contributed by atoms with Crippen LogP contribution in [-0.4, -0.2) is 10.1 Å². The van der Waals surface area contributed by atoms with E-state index < -0.39 is 17.4 Å². The van der Waals surface area contributed by atoms with E-state index in [4.69, 9.17) is 13.7 Å². The summed E-state index contributed by atoms with van der Waals surface area (Å²) in [4.78, 5) is 10.6. The summed E-state index contributed by atoms with van der Waals surface area (Å²) in [6.07, 6.45) is 0. The lowest BCUT2D eigenvalue weighted by molar-refractivity contribution is -0.384. The molecule has 0 aliphatic rings. The molecule has 0 N–H and O–H groups in total. The van der Waals surface area contributed by atoms with Gasteiger partial charge in [0.1, 0.15) is 11.5 Å². The third-order valence-corrected chi connectivity index (χ3v) is 9.12. The fourth-order valence-corrected chi connectivity index (χ4v) is 6.98. The van der Waals surface area contributed by atoms with Gasteiger partial charge in [0.2, 0.25) is 7.28 Å². The third-order valence-electron chi connectivity index (χ3n) is 4.38. The maximum absolute atomic E-state index is 11.0. The molecule has 158 valence electrons. The quantitative estimate of drug-likeness (QED) is 0.182. The van der Waals surface area contributed by atoms with Crippen molar-refractivity contribution in [2.45, 2.75) is 32.9 Å². The van der Waals surface area contributed by atoms with Crippen molar-refractivity contribution in [2.24, 2.45) is 4.74 Å². The van der Waals surface area contributed by atoms with Crippen molar-refractivity contribution in [3.63, 3.8) is 0 Å². The third kappa shape index (κ3) is 4.71. The second-order valence-electron chi connectivity index (χ2n) is 7.67. The summed E-state index contributed by atoms with van der Waals surface area (Å²) in [5, 5.41) is 10.6. The molecule has 0 unspecified atom stereocenters. The average molecular weight is 556 g/mol. The van der Waals surface area contributed by atoms with Crippen LogP contribution >= 0.6 is 39.1 Å². The van der Waals surface area contributed by atoms with Gasteiger partial charge in [-0.15, -0.1) is 0 Å². The molecule has 1 atom stereocenters. The highest BCUT2D eigenvalue weighted by Gasteiger charge is 2.42. The summed E-state index contributed by atoms with van der Waals surface area (Å²) in [6.45, 7) is 8.04. The van der Waals surface area contributed by atoms with Crippen molar-refractivity contribution in [3.05, 3.63) is 79.4 Å². The van der Waals surface area contributed by atoms with Crippen LogP contribution in [0.5, 0.6) is 5.75 Å². The Bertz CT molecular complexity index is 1130. The molecule has 1 heterocycles. The molecule has 0 aliphatic carbocycles. The first-order valence-corrected chi connectivity index (χ1v) is 12.3. The first-order valence-electron chi connectivity index (χ1n) is 9.10. The number of hydrogen-bond acceptors (Lipinski definition) is 5. The summed E-state index contributed by atoms with van der Waals surface area (Å²) in [6, 6.07) is 15.6. The van der Waals surface area contributed by atoms with Gasteiger partial charge in [-0.05, 0) is 65.3 Å². The fourth-order valence-electron chi connectivity index (χ4n) is 2.81. The monoisotopic (exact) mass is 554 g/mol. The molecule has 1 aromatic heterocycles. The largest absolute Gasteiger partial charge is 0.457 e. The van der Waals surface area contributed by atoms with E-state index in [2.05, 4.69) is 52.6 Å². The first kappa shape index (κ1) is 22.8. The predicted octanol–water partition coefficient (Wildman–Crippen LogP) is 7.97. The minimum Gasteiger partial charge on any atom is -0.457 e. The molecule has 0 amide bonds. The molecule has 30 heavy (non-hydrogen) atoms. The number of furan rings is 1. The molecule has 0 bridgehead atoms. The van der Waals surface area contributed by atoms with Gasteiger partial charge < -0.3 is 8.94 Å². The molecule has 0 spiro atoms. The minimum absolute atomic E-state index is 0.0130. The highest BCUT2D eigenvalue weighted by molar-refractivity contribution is 9.11. The molecule has 0 saturated carbocycles. The zero-order chi connectivity index (χ0) is 22.1. The Morgan fingerprint density at radius 1 is 1.07 bits per heavy atom. The van der Waals surface area contributed by atoms with Gasteiger partial charge in [0.05, 0.1) is 15.1 Å². The zero-order valence-corrected chi connectivity index (χ0v) is 21.0. The van der Waals surface area contributed by atoms with E-state index >= 15 is 0 Å². The Balaban J connectivity index is 2.26. The molecule has 9 heteroatoms. The number of aryl methyl sites for hydroxylation is 1. The predicted molar refractivity (Wildman–Crippen MR) is 127 cm³/mol.